The number of rotatable bonds is 8. The van der Waals surface area contributed by atoms with E-state index in [1.165, 1.54) is 10.6 Å². The van der Waals surface area contributed by atoms with Gasteiger partial charge in [-0.3, -0.25) is 9.10 Å². The van der Waals surface area contributed by atoms with Gasteiger partial charge in [-0.2, -0.15) is 4.98 Å². The van der Waals surface area contributed by atoms with Crippen LogP contribution < -0.4 is 9.62 Å². The quantitative estimate of drug-likeness (QED) is 0.320. The summed E-state index contributed by atoms with van der Waals surface area (Å²) in [5.74, 6) is 0.412. The molecule has 0 radical (unpaired) electrons. The number of anilines is 1. The van der Waals surface area contributed by atoms with Crippen molar-refractivity contribution in [2.75, 3.05) is 10.6 Å². The highest BCUT2D eigenvalue weighted by molar-refractivity contribution is 9.10. The van der Waals surface area contributed by atoms with E-state index in [2.05, 4.69) is 31.4 Å². The van der Waals surface area contributed by atoms with Crippen molar-refractivity contribution in [2.24, 2.45) is 0 Å². The first kappa shape index (κ1) is 25.6. The maximum Gasteiger partial charge on any atom is 0.251 e. The molecular formula is C26H25BrN4O4S. The van der Waals surface area contributed by atoms with Gasteiger partial charge < -0.3 is 9.84 Å². The highest BCUT2D eigenvalue weighted by Crippen LogP contribution is 2.28. The van der Waals surface area contributed by atoms with E-state index in [9.17, 15) is 13.2 Å². The highest BCUT2D eigenvalue weighted by atomic mass is 79.9. The van der Waals surface area contributed by atoms with Crippen molar-refractivity contribution in [1.82, 2.24) is 15.5 Å². The summed E-state index contributed by atoms with van der Waals surface area (Å²) in [4.78, 5) is 17.0. The van der Waals surface area contributed by atoms with Crippen molar-refractivity contribution in [3.05, 3.63) is 99.3 Å². The summed E-state index contributed by atoms with van der Waals surface area (Å²) >= 11 is 3.41. The topological polar surface area (TPSA) is 105 Å². The monoisotopic (exact) mass is 568 g/mol. The zero-order chi connectivity index (χ0) is 25.9. The summed E-state index contributed by atoms with van der Waals surface area (Å²) in [6, 6.07) is 20.0. The van der Waals surface area contributed by atoms with Crippen LogP contribution in [0.5, 0.6) is 0 Å². The molecule has 0 bridgehead atoms. The van der Waals surface area contributed by atoms with Gasteiger partial charge >= 0.3 is 0 Å². The van der Waals surface area contributed by atoms with Gasteiger partial charge in [0.15, 0.2) is 0 Å². The SMILES string of the molecule is Cc1cccc(C)c1N(Cc1ccc(C(=O)NCc2nc(-c3cccc(Br)c3)no2)cc1)S(C)(=O)=O. The summed E-state index contributed by atoms with van der Waals surface area (Å²) in [5, 5.41) is 6.73. The predicted molar refractivity (Wildman–Crippen MR) is 142 cm³/mol. The van der Waals surface area contributed by atoms with E-state index in [1.54, 1.807) is 24.3 Å². The Bertz CT molecular complexity index is 1480. The van der Waals surface area contributed by atoms with Crippen LogP contribution in [0.4, 0.5) is 5.69 Å². The molecule has 0 atom stereocenters. The van der Waals surface area contributed by atoms with E-state index in [1.807, 2.05) is 56.3 Å². The standard InChI is InChI=1S/C26H25BrN4O4S/c1-17-6-4-7-18(2)24(17)31(36(3,33)34)16-19-10-12-20(13-11-19)26(32)28-15-23-29-25(30-35-23)21-8-5-9-22(27)14-21/h4-14H,15-16H2,1-3H3,(H,28,32). The van der Waals surface area contributed by atoms with Crippen molar-refractivity contribution >= 4 is 37.5 Å². The Morgan fingerprint density at radius 3 is 2.33 bits per heavy atom. The maximum absolute atomic E-state index is 12.6. The molecule has 0 aliphatic rings. The summed E-state index contributed by atoms with van der Waals surface area (Å²) in [5.41, 5.74) is 4.41. The Morgan fingerprint density at radius 2 is 1.69 bits per heavy atom. The Balaban J connectivity index is 1.42. The van der Waals surface area contributed by atoms with Crippen LogP contribution >= 0.6 is 15.9 Å². The molecule has 0 spiro atoms. The lowest BCUT2D eigenvalue weighted by molar-refractivity contribution is 0.0946. The number of aromatic nitrogens is 2. The van der Waals surface area contributed by atoms with Crippen molar-refractivity contribution < 1.29 is 17.7 Å². The Morgan fingerprint density at radius 1 is 1.03 bits per heavy atom. The number of hydrogen-bond acceptors (Lipinski definition) is 6. The number of carbonyl (C=O) groups is 1. The molecule has 1 N–H and O–H groups in total. The largest absolute Gasteiger partial charge is 0.343 e. The second-order valence-corrected chi connectivity index (χ2v) is 11.2. The summed E-state index contributed by atoms with van der Waals surface area (Å²) < 4.78 is 32.7. The molecule has 0 fully saturated rings. The number of hydrogen-bond donors (Lipinski definition) is 1. The maximum atomic E-state index is 12.6. The number of benzene rings is 3. The van der Waals surface area contributed by atoms with E-state index in [4.69, 9.17) is 4.52 Å². The molecule has 186 valence electrons. The van der Waals surface area contributed by atoms with Crippen LogP contribution in [-0.4, -0.2) is 30.7 Å². The Labute approximate surface area is 218 Å². The minimum atomic E-state index is -3.52. The molecule has 8 nitrogen and oxygen atoms in total. The summed E-state index contributed by atoms with van der Waals surface area (Å²) in [6.45, 7) is 4.01. The fourth-order valence-corrected chi connectivity index (χ4v) is 5.22. The Kier molecular flexibility index (Phi) is 7.56. The molecule has 0 saturated heterocycles. The lowest BCUT2D eigenvalue weighted by Gasteiger charge is -2.26. The third-order valence-corrected chi connectivity index (χ3v) is 7.19. The average Bonchev–Trinajstić information content (AvgIpc) is 3.31. The van der Waals surface area contributed by atoms with Crippen molar-refractivity contribution in [2.45, 2.75) is 26.9 Å². The fourth-order valence-electron chi connectivity index (χ4n) is 3.82. The number of nitrogens with zero attached hydrogens (tertiary/aromatic N) is 3. The number of para-hydroxylation sites is 1. The molecule has 10 heteroatoms. The Hall–Kier alpha value is -3.50. The van der Waals surface area contributed by atoms with Crippen LogP contribution in [0.1, 0.15) is 32.9 Å². The number of aryl methyl sites for hydroxylation is 2. The molecule has 0 unspecified atom stereocenters. The minimum Gasteiger partial charge on any atom is -0.343 e. The molecule has 3 aromatic carbocycles. The molecule has 0 aliphatic heterocycles. The van der Waals surface area contributed by atoms with Gasteiger partial charge in [0.05, 0.1) is 25.0 Å². The van der Waals surface area contributed by atoms with Crippen molar-refractivity contribution in [3.8, 4) is 11.4 Å². The smallest absolute Gasteiger partial charge is 0.251 e. The molecule has 1 aromatic heterocycles. The van der Waals surface area contributed by atoms with Crippen molar-refractivity contribution in [3.63, 3.8) is 0 Å². The number of amides is 1. The normalized spacial score (nSPS) is 11.3. The third-order valence-electron chi connectivity index (χ3n) is 5.58. The molecule has 36 heavy (non-hydrogen) atoms. The van der Waals surface area contributed by atoms with Gasteiger partial charge in [-0.05, 0) is 54.8 Å². The zero-order valence-corrected chi connectivity index (χ0v) is 22.4. The number of sulfonamides is 1. The predicted octanol–water partition coefficient (Wildman–Crippen LogP) is 5.01. The number of halogens is 1. The van der Waals surface area contributed by atoms with Crippen LogP contribution in [0.2, 0.25) is 0 Å². The first-order valence-electron chi connectivity index (χ1n) is 11.1. The molecule has 0 aliphatic carbocycles. The van der Waals surface area contributed by atoms with E-state index >= 15 is 0 Å². The second kappa shape index (κ2) is 10.6. The fraction of sp³-hybridized carbons (Fsp3) is 0.192. The van der Waals surface area contributed by atoms with Gasteiger partial charge in [-0.15, -0.1) is 0 Å². The van der Waals surface area contributed by atoms with Gasteiger partial charge in [0.25, 0.3) is 5.91 Å². The van der Waals surface area contributed by atoms with Gasteiger partial charge in [0.2, 0.25) is 21.7 Å². The van der Waals surface area contributed by atoms with E-state index in [0.29, 0.717) is 17.1 Å². The molecule has 4 rings (SSSR count). The summed E-state index contributed by atoms with van der Waals surface area (Å²) in [6.07, 6.45) is 1.19. The van der Waals surface area contributed by atoms with Crippen molar-refractivity contribution in [1.29, 1.82) is 0 Å². The van der Waals surface area contributed by atoms with Crippen LogP contribution in [0.3, 0.4) is 0 Å². The summed E-state index contributed by atoms with van der Waals surface area (Å²) in [7, 11) is -3.52. The van der Waals surface area contributed by atoms with Gasteiger partial charge in [0.1, 0.15) is 0 Å². The van der Waals surface area contributed by atoms with E-state index in [-0.39, 0.29) is 24.9 Å². The van der Waals surface area contributed by atoms with E-state index < -0.39 is 10.0 Å². The van der Waals surface area contributed by atoms with E-state index in [0.717, 1.165) is 26.7 Å². The number of nitrogens with one attached hydrogen (secondary N) is 1. The number of carbonyl (C=O) groups excluding carboxylic acids is 1. The highest BCUT2D eigenvalue weighted by Gasteiger charge is 2.21. The van der Waals surface area contributed by atoms with Crippen LogP contribution in [0, 0.1) is 13.8 Å². The minimum absolute atomic E-state index is 0.0794. The molecular weight excluding hydrogens is 544 g/mol. The lowest BCUT2D eigenvalue weighted by Crippen LogP contribution is -2.30. The van der Waals surface area contributed by atoms with Crippen LogP contribution in [0.15, 0.2) is 75.7 Å². The second-order valence-electron chi connectivity index (χ2n) is 8.41. The zero-order valence-electron chi connectivity index (χ0n) is 20.0. The third kappa shape index (κ3) is 6.00. The first-order valence-corrected chi connectivity index (χ1v) is 13.8. The molecule has 4 aromatic rings. The van der Waals surface area contributed by atoms with Crippen LogP contribution in [0.25, 0.3) is 11.4 Å². The lowest BCUT2D eigenvalue weighted by atomic mass is 10.1. The molecule has 1 heterocycles. The van der Waals surface area contributed by atoms with Gasteiger partial charge in [-0.25, -0.2) is 8.42 Å². The van der Waals surface area contributed by atoms with Gasteiger partial charge in [-0.1, -0.05) is 63.6 Å². The molecule has 0 saturated carbocycles. The van der Waals surface area contributed by atoms with Gasteiger partial charge in [0, 0.05) is 15.6 Å². The van der Waals surface area contributed by atoms with Crippen LogP contribution in [-0.2, 0) is 23.1 Å². The molecule has 1 amide bonds. The first-order chi connectivity index (χ1) is 17.1. The average molecular weight is 569 g/mol.